The summed E-state index contributed by atoms with van der Waals surface area (Å²) in [5.41, 5.74) is 13.0. The highest BCUT2D eigenvalue weighted by Gasteiger charge is 2.20. The number of morpholine rings is 1. The molecule has 1 amide bonds. The Labute approximate surface area is 111 Å². The Hall–Kier alpha value is -2.10. The van der Waals surface area contributed by atoms with Crippen LogP contribution in [0.3, 0.4) is 0 Å². The van der Waals surface area contributed by atoms with Crippen molar-refractivity contribution in [3.8, 4) is 6.07 Å². The van der Waals surface area contributed by atoms with E-state index in [1.165, 1.54) is 0 Å². The molecule has 0 bridgehead atoms. The second-order valence-corrected chi connectivity index (χ2v) is 4.50. The molecule has 1 heterocycles. The minimum absolute atomic E-state index is 0.389. The number of carbonyl (C=O) groups excluding carboxylic acids is 1. The molecule has 0 aliphatic carbocycles. The Bertz CT molecular complexity index is 524. The lowest BCUT2D eigenvalue weighted by Gasteiger charge is -2.30. The summed E-state index contributed by atoms with van der Waals surface area (Å²) in [5.74, 6) is -0.492. The number of carbonyl (C=O) groups is 1. The van der Waals surface area contributed by atoms with Crippen LogP contribution in [-0.4, -0.2) is 36.6 Å². The van der Waals surface area contributed by atoms with Gasteiger partial charge in [0.2, 0.25) is 5.91 Å². The highest BCUT2D eigenvalue weighted by molar-refractivity contribution is 5.93. The van der Waals surface area contributed by atoms with Crippen molar-refractivity contribution in [2.75, 3.05) is 25.4 Å². The lowest BCUT2D eigenvalue weighted by Crippen LogP contribution is -2.41. The zero-order valence-electron chi connectivity index (χ0n) is 10.5. The van der Waals surface area contributed by atoms with Crippen LogP contribution >= 0.6 is 0 Å². The van der Waals surface area contributed by atoms with Gasteiger partial charge in [-0.15, -0.1) is 0 Å². The van der Waals surface area contributed by atoms with E-state index in [2.05, 4.69) is 11.0 Å². The van der Waals surface area contributed by atoms with E-state index in [4.69, 9.17) is 21.5 Å². The van der Waals surface area contributed by atoms with Crippen LogP contribution in [0.15, 0.2) is 18.2 Å². The van der Waals surface area contributed by atoms with Crippen molar-refractivity contribution < 1.29 is 9.53 Å². The molecule has 6 heteroatoms. The molecule has 1 atom stereocenters. The van der Waals surface area contributed by atoms with Gasteiger partial charge in [-0.2, -0.15) is 5.26 Å². The summed E-state index contributed by atoms with van der Waals surface area (Å²) in [6.07, 6.45) is -0.389. The number of nitriles is 1. The Balaban J connectivity index is 2.07. The predicted molar refractivity (Wildman–Crippen MR) is 70.0 cm³/mol. The van der Waals surface area contributed by atoms with E-state index in [1.54, 1.807) is 18.2 Å². The van der Waals surface area contributed by atoms with Gasteiger partial charge in [0.05, 0.1) is 12.7 Å². The van der Waals surface area contributed by atoms with E-state index in [9.17, 15) is 4.79 Å². The van der Waals surface area contributed by atoms with Crippen LogP contribution in [0, 0.1) is 11.3 Å². The van der Waals surface area contributed by atoms with Gasteiger partial charge in [0, 0.05) is 30.9 Å². The summed E-state index contributed by atoms with van der Waals surface area (Å²) in [6, 6.07) is 7.15. The first-order chi connectivity index (χ1) is 9.10. The minimum Gasteiger partial charge on any atom is -0.398 e. The summed E-state index contributed by atoms with van der Waals surface area (Å²) >= 11 is 0. The molecule has 0 spiro atoms. The van der Waals surface area contributed by atoms with Crippen LogP contribution in [0.25, 0.3) is 0 Å². The van der Waals surface area contributed by atoms with Gasteiger partial charge in [0.25, 0.3) is 0 Å². The van der Waals surface area contributed by atoms with Gasteiger partial charge in [-0.3, -0.25) is 9.69 Å². The number of amides is 1. The molecule has 1 aromatic carbocycles. The predicted octanol–water partition coefficient (Wildman–Crippen LogP) is 0.0921. The number of rotatable bonds is 3. The Morgan fingerprint density at radius 3 is 3.00 bits per heavy atom. The second kappa shape index (κ2) is 5.69. The first-order valence-corrected chi connectivity index (χ1v) is 6.02. The first kappa shape index (κ1) is 13.3. The average molecular weight is 260 g/mol. The second-order valence-electron chi connectivity index (χ2n) is 4.50. The molecule has 19 heavy (non-hydrogen) atoms. The number of hydrogen-bond acceptors (Lipinski definition) is 5. The maximum atomic E-state index is 11.0. The van der Waals surface area contributed by atoms with E-state index in [1.807, 2.05) is 0 Å². The third-order valence-corrected chi connectivity index (χ3v) is 3.12. The van der Waals surface area contributed by atoms with E-state index < -0.39 is 5.91 Å². The van der Waals surface area contributed by atoms with Crippen LogP contribution < -0.4 is 11.5 Å². The van der Waals surface area contributed by atoms with E-state index in [-0.39, 0.29) is 6.10 Å². The van der Waals surface area contributed by atoms with Crippen LogP contribution in [-0.2, 0) is 11.3 Å². The summed E-state index contributed by atoms with van der Waals surface area (Å²) in [4.78, 5) is 13.1. The van der Waals surface area contributed by atoms with E-state index >= 15 is 0 Å². The largest absolute Gasteiger partial charge is 0.398 e. The highest BCUT2D eigenvalue weighted by Crippen LogP contribution is 2.18. The molecule has 0 aromatic heterocycles. The summed E-state index contributed by atoms with van der Waals surface area (Å²) < 4.78 is 5.28. The average Bonchev–Trinajstić information content (AvgIpc) is 2.41. The third-order valence-electron chi connectivity index (χ3n) is 3.12. The van der Waals surface area contributed by atoms with Crippen molar-refractivity contribution in [2.24, 2.45) is 5.73 Å². The van der Waals surface area contributed by atoms with Gasteiger partial charge < -0.3 is 16.2 Å². The highest BCUT2D eigenvalue weighted by atomic mass is 16.5. The molecule has 1 aromatic rings. The SMILES string of the molecule is N#CC1CN(Cc2ccc(C(N)=O)cc2N)CCO1. The number of ether oxygens (including phenoxy) is 1. The molecule has 0 radical (unpaired) electrons. The Morgan fingerprint density at radius 2 is 2.37 bits per heavy atom. The minimum atomic E-state index is -0.492. The lowest BCUT2D eigenvalue weighted by atomic mass is 10.1. The maximum Gasteiger partial charge on any atom is 0.248 e. The van der Waals surface area contributed by atoms with Gasteiger partial charge in [0.1, 0.15) is 0 Å². The molecule has 4 N–H and O–H groups in total. The van der Waals surface area contributed by atoms with Crippen molar-refractivity contribution in [3.63, 3.8) is 0 Å². The lowest BCUT2D eigenvalue weighted by molar-refractivity contribution is -0.00262. The molecule has 1 aliphatic heterocycles. The van der Waals surface area contributed by atoms with Gasteiger partial charge >= 0.3 is 0 Å². The topological polar surface area (TPSA) is 105 Å². The van der Waals surface area contributed by atoms with Crippen molar-refractivity contribution in [1.82, 2.24) is 4.90 Å². The fourth-order valence-electron chi connectivity index (χ4n) is 2.06. The molecular formula is C13H16N4O2. The molecule has 2 rings (SSSR count). The third kappa shape index (κ3) is 3.22. The monoisotopic (exact) mass is 260 g/mol. The van der Waals surface area contributed by atoms with Gasteiger partial charge in [-0.25, -0.2) is 0 Å². The number of primary amides is 1. The molecule has 1 unspecified atom stereocenters. The van der Waals surface area contributed by atoms with Crippen LogP contribution in [0.5, 0.6) is 0 Å². The van der Waals surface area contributed by atoms with Crippen molar-refractivity contribution in [1.29, 1.82) is 5.26 Å². The van der Waals surface area contributed by atoms with Crippen LogP contribution in [0.4, 0.5) is 5.69 Å². The Morgan fingerprint density at radius 1 is 1.58 bits per heavy atom. The zero-order chi connectivity index (χ0) is 13.8. The standard InChI is InChI=1S/C13H16N4O2/c14-6-11-8-17(3-4-19-11)7-10-2-1-9(13(16)18)5-12(10)15/h1-2,5,11H,3-4,7-8,15H2,(H2,16,18). The summed E-state index contributed by atoms with van der Waals surface area (Å²) in [7, 11) is 0. The molecule has 100 valence electrons. The number of hydrogen-bond donors (Lipinski definition) is 2. The van der Waals surface area contributed by atoms with Crippen molar-refractivity contribution in [3.05, 3.63) is 29.3 Å². The molecule has 6 nitrogen and oxygen atoms in total. The van der Waals surface area contributed by atoms with Gasteiger partial charge in [-0.1, -0.05) is 6.07 Å². The number of nitrogens with zero attached hydrogens (tertiary/aromatic N) is 2. The van der Waals surface area contributed by atoms with Crippen LogP contribution in [0.1, 0.15) is 15.9 Å². The van der Waals surface area contributed by atoms with Gasteiger partial charge in [-0.05, 0) is 17.7 Å². The van der Waals surface area contributed by atoms with E-state index in [0.717, 1.165) is 12.1 Å². The first-order valence-electron chi connectivity index (χ1n) is 6.02. The molecule has 1 saturated heterocycles. The normalized spacial score (nSPS) is 19.8. The quantitative estimate of drug-likeness (QED) is 0.749. The zero-order valence-corrected chi connectivity index (χ0v) is 10.5. The van der Waals surface area contributed by atoms with E-state index in [0.29, 0.717) is 30.9 Å². The molecular weight excluding hydrogens is 244 g/mol. The molecule has 1 aliphatic rings. The number of nitrogens with two attached hydrogens (primary N) is 2. The number of nitrogen functional groups attached to an aromatic ring is 1. The molecule has 1 fully saturated rings. The summed E-state index contributed by atoms with van der Waals surface area (Å²) in [6.45, 7) is 2.49. The maximum absolute atomic E-state index is 11.0. The fourth-order valence-corrected chi connectivity index (χ4v) is 2.06. The molecule has 0 saturated carbocycles. The van der Waals surface area contributed by atoms with Crippen molar-refractivity contribution >= 4 is 11.6 Å². The van der Waals surface area contributed by atoms with Gasteiger partial charge in [0.15, 0.2) is 6.10 Å². The fraction of sp³-hybridized carbons (Fsp3) is 0.385. The number of benzene rings is 1. The van der Waals surface area contributed by atoms with Crippen molar-refractivity contribution in [2.45, 2.75) is 12.6 Å². The van der Waals surface area contributed by atoms with Crippen LogP contribution in [0.2, 0.25) is 0 Å². The summed E-state index contributed by atoms with van der Waals surface area (Å²) in [5, 5.41) is 8.85. The number of anilines is 1. The smallest absolute Gasteiger partial charge is 0.248 e. The Kier molecular flexibility index (Phi) is 4.00.